The number of carbonyl (C=O) groups is 1. The average molecular weight is 205 g/mol. The minimum Gasteiger partial charge on any atom is -0.294 e. The molecule has 0 aromatic carbocycles. The van der Waals surface area contributed by atoms with Crippen molar-refractivity contribution in [3.8, 4) is 0 Å². The van der Waals surface area contributed by atoms with E-state index in [9.17, 15) is 4.79 Å². The maximum atomic E-state index is 10.9. The van der Waals surface area contributed by atoms with Gasteiger partial charge < -0.3 is 0 Å². The molecule has 0 unspecified atom stereocenters. The maximum absolute atomic E-state index is 10.9. The third-order valence-electron chi connectivity index (χ3n) is 1.07. The van der Waals surface area contributed by atoms with Gasteiger partial charge in [0, 0.05) is 6.42 Å². The largest absolute Gasteiger partial charge is 0.294 e. The van der Waals surface area contributed by atoms with E-state index in [1.54, 1.807) is 0 Å². The number of hydrogen-bond acceptors (Lipinski definition) is 1. The number of rotatable bonds is 3. The highest BCUT2D eigenvalue weighted by Gasteiger charge is 2.02. The molecule has 0 saturated carbocycles. The molecule has 0 rings (SSSR count). The van der Waals surface area contributed by atoms with Gasteiger partial charge in [-0.2, -0.15) is 0 Å². The second-order valence-electron chi connectivity index (χ2n) is 2.54. The minimum atomic E-state index is 0.175. The zero-order chi connectivity index (χ0) is 8.15. The van der Waals surface area contributed by atoms with Crippen LogP contribution in [0.4, 0.5) is 0 Å². The van der Waals surface area contributed by atoms with E-state index in [1.165, 1.54) is 0 Å². The van der Waals surface area contributed by atoms with Crippen molar-refractivity contribution in [2.45, 2.75) is 27.2 Å². The van der Waals surface area contributed by atoms with Gasteiger partial charge in [-0.15, -0.1) is 0 Å². The quantitative estimate of drug-likeness (QED) is 0.647. The van der Waals surface area contributed by atoms with Gasteiger partial charge in [0.25, 0.3) is 0 Å². The third kappa shape index (κ3) is 3.83. The summed E-state index contributed by atoms with van der Waals surface area (Å²) in [5, 5.41) is 0. The van der Waals surface area contributed by atoms with Crippen LogP contribution in [0, 0.1) is 5.92 Å². The predicted octanol–water partition coefficient (Wildman–Crippen LogP) is 2.90. The lowest BCUT2D eigenvalue weighted by Crippen LogP contribution is -1.95. The van der Waals surface area contributed by atoms with E-state index in [-0.39, 0.29) is 5.78 Å². The highest BCUT2D eigenvalue weighted by atomic mass is 79.9. The van der Waals surface area contributed by atoms with Crippen molar-refractivity contribution in [2.75, 3.05) is 0 Å². The van der Waals surface area contributed by atoms with Gasteiger partial charge in [-0.25, -0.2) is 0 Å². The van der Waals surface area contributed by atoms with Crippen molar-refractivity contribution < 1.29 is 4.79 Å². The fourth-order valence-corrected chi connectivity index (χ4v) is 1.36. The number of halogens is 1. The zero-order valence-electron chi connectivity index (χ0n) is 6.65. The Morgan fingerprint density at radius 2 is 2.10 bits per heavy atom. The fraction of sp³-hybridized carbons (Fsp3) is 0.625. The lowest BCUT2D eigenvalue weighted by atomic mass is 10.2. The molecule has 0 aliphatic carbocycles. The lowest BCUT2D eigenvalue weighted by Gasteiger charge is -1.97. The number of ketones is 1. The highest BCUT2D eigenvalue weighted by Crippen LogP contribution is 2.11. The van der Waals surface area contributed by atoms with Crippen molar-refractivity contribution >= 4 is 21.7 Å². The van der Waals surface area contributed by atoms with Crippen molar-refractivity contribution in [3.63, 3.8) is 0 Å². The molecule has 10 heavy (non-hydrogen) atoms. The molecule has 1 nitrogen and oxygen atoms in total. The molecular weight excluding hydrogens is 192 g/mol. The number of hydrogen-bond donors (Lipinski definition) is 0. The molecule has 0 aromatic heterocycles. The molecule has 0 aliphatic heterocycles. The van der Waals surface area contributed by atoms with Crippen LogP contribution in [0.1, 0.15) is 27.2 Å². The maximum Gasteiger partial charge on any atom is 0.169 e. The third-order valence-corrected chi connectivity index (χ3v) is 1.77. The Morgan fingerprint density at radius 3 is 2.40 bits per heavy atom. The van der Waals surface area contributed by atoms with E-state index in [0.717, 1.165) is 0 Å². The highest BCUT2D eigenvalue weighted by molar-refractivity contribution is 9.12. The zero-order valence-corrected chi connectivity index (χ0v) is 8.23. The molecular formula is C8H13BrO. The SMILES string of the molecule is CCC(=O)/C(Br)=C/C(C)C. The Labute approximate surface area is 70.6 Å². The summed E-state index contributed by atoms with van der Waals surface area (Å²) < 4.78 is 0.713. The van der Waals surface area contributed by atoms with E-state index in [1.807, 2.05) is 26.8 Å². The molecule has 0 heterocycles. The predicted molar refractivity (Wildman–Crippen MR) is 47.1 cm³/mol. The van der Waals surface area contributed by atoms with Crippen LogP contribution in [0.3, 0.4) is 0 Å². The van der Waals surface area contributed by atoms with Crippen LogP contribution in [0.2, 0.25) is 0 Å². The monoisotopic (exact) mass is 204 g/mol. The van der Waals surface area contributed by atoms with Gasteiger partial charge in [0.15, 0.2) is 5.78 Å². The summed E-state index contributed by atoms with van der Waals surface area (Å²) >= 11 is 3.22. The second kappa shape index (κ2) is 4.67. The molecule has 0 bridgehead atoms. The summed E-state index contributed by atoms with van der Waals surface area (Å²) in [6.07, 6.45) is 2.50. The van der Waals surface area contributed by atoms with Crippen LogP contribution in [0.15, 0.2) is 10.6 Å². The number of allylic oxidation sites excluding steroid dienone is 2. The Morgan fingerprint density at radius 1 is 1.60 bits per heavy atom. The fourth-order valence-electron chi connectivity index (χ4n) is 0.554. The van der Waals surface area contributed by atoms with Gasteiger partial charge in [-0.3, -0.25) is 4.79 Å². The molecule has 0 spiro atoms. The number of Topliss-reactive ketones (excluding diaryl/α,β-unsaturated/α-hetero) is 1. The molecule has 0 fully saturated rings. The van der Waals surface area contributed by atoms with Gasteiger partial charge in [0.2, 0.25) is 0 Å². The molecule has 0 aromatic rings. The second-order valence-corrected chi connectivity index (χ2v) is 3.39. The van der Waals surface area contributed by atoms with E-state index in [4.69, 9.17) is 0 Å². The number of carbonyl (C=O) groups excluding carboxylic acids is 1. The van der Waals surface area contributed by atoms with Crippen LogP contribution in [-0.2, 0) is 4.79 Å². The first kappa shape index (κ1) is 9.89. The minimum absolute atomic E-state index is 0.175. The van der Waals surface area contributed by atoms with Crippen LogP contribution in [-0.4, -0.2) is 5.78 Å². The smallest absolute Gasteiger partial charge is 0.169 e. The normalized spacial score (nSPS) is 12.3. The molecule has 0 aliphatic rings. The topological polar surface area (TPSA) is 17.1 Å². The van der Waals surface area contributed by atoms with E-state index in [0.29, 0.717) is 16.8 Å². The first-order valence-electron chi connectivity index (χ1n) is 3.48. The molecule has 58 valence electrons. The van der Waals surface area contributed by atoms with Crippen LogP contribution >= 0.6 is 15.9 Å². The van der Waals surface area contributed by atoms with Crippen molar-refractivity contribution in [1.82, 2.24) is 0 Å². The summed E-state index contributed by atoms with van der Waals surface area (Å²) in [5.41, 5.74) is 0. The van der Waals surface area contributed by atoms with E-state index >= 15 is 0 Å². The van der Waals surface area contributed by atoms with E-state index < -0.39 is 0 Å². The average Bonchev–Trinajstić information content (AvgIpc) is 1.85. The Hall–Kier alpha value is -0.110. The van der Waals surface area contributed by atoms with Crippen LogP contribution in [0.5, 0.6) is 0 Å². The van der Waals surface area contributed by atoms with Gasteiger partial charge in [0.1, 0.15) is 0 Å². The summed E-state index contributed by atoms with van der Waals surface area (Å²) in [4.78, 5) is 10.9. The lowest BCUT2D eigenvalue weighted by molar-refractivity contribution is -0.114. The molecule has 2 heteroatoms. The van der Waals surface area contributed by atoms with Gasteiger partial charge in [-0.1, -0.05) is 26.8 Å². The Balaban J connectivity index is 4.05. The van der Waals surface area contributed by atoms with Crippen molar-refractivity contribution in [1.29, 1.82) is 0 Å². The first-order valence-corrected chi connectivity index (χ1v) is 4.27. The first-order chi connectivity index (χ1) is 4.57. The van der Waals surface area contributed by atoms with Crippen LogP contribution < -0.4 is 0 Å². The molecule has 0 amide bonds. The van der Waals surface area contributed by atoms with Gasteiger partial charge >= 0.3 is 0 Å². The van der Waals surface area contributed by atoms with E-state index in [2.05, 4.69) is 15.9 Å². The molecule has 0 saturated heterocycles. The standard InChI is InChI=1S/C8H13BrO/c1-4-8(10)7(9)5-6(2)3/h5-6H,4H2,1-3H3/b7-5-. The Kier molecular flexibility index (Phi) is 4.62. The van der Waals surface area contributed by atoms with Crippen LogP contribution in [0.25, 0.3) is 0 Å². The summed E-state index contributed by atoms with van der Waals surface area (Å²) in [6.45, 7) is 5.95. The summed E-state index contributed by atoms with van der Waals surface area (Å²) in [7, 11) is 0. The molecule has 0 atom stereocenters. The van der Waals surface area contributed by atoms with Gasteiger partial charge in [0.05, 0.1) is 4.48 Å². The molecule has 0 N–H and O–H groups in total. The molecule has 0 radical (unpaired) electrons. The van der Waals surface area contributed by atoms with Gasteiger partial charge in [-0.05, 0) is 21.8 Å². The van der Waals surface area contributed by atoms with Crippen molar-refractivity contribution in [2.24, 2.45) is 5.92 Å². The Bertz CT molecular complexity index is 147. The summed E-state index contributed by atoms with van der Waals surface area (Å²) in [6, 6.07) is 0. The van der Waals surface area contributed by atoms with Crippen molar-refractivity contribution in [3.05, 3.63) is 10.6 Å². The summed E-state index contributed by atoms with van der Waals surface area (Å²) in [5.74, 6) is 0.610.